The molecule has 7 nitrogen and oxygen atoms in total. The second-order valence-electron chi connectivity index (χ2n) is 7.33. The number of rotatable bonds is 15. The van der Waals surface area contributed by atoms with Crippen molar-refractivity contribution in [2.45, 2.75) is 78.1 Å². The van der Waals surface area contributed by atoms with Crippen LogP contribution in [0.15, 0.2) is 35.4 Å². The maximum Gasteiger partial charge on any atom is 0.282 e. The Hall–Kier alpha value is -2.57. The average Bonchev–Trinajstić information content (AvgIpc) is 2.77. The summed E-state index contributed by atoms with van der Waals surface area (Å²) in [4.78, 5) is 0. The number of nitrogens with zero attached hydrogens (tertiary/aromatic N) is 5. The maximum absolute atomic E-state index is 4.27. The van der Waals surface area contributed by atoms with Crippen LogP contribution < -0.4 is 10.7 Å². The van der Waals surface area contributed by atoms with Gasteiger partial charge in [-0.15, -0.1) is 20.4 Å². The summed E-state index contributed by atoms with van der Waals surface area (Å²) >= 11 is 0. The molecule has 0 saturated heterocycles. The van der Waals surface area contributed by atoms with E-state index in [0.29, 0.717) is 5.95 Å². The van der Waals surface area contributed by atoms with E-state index < -0.39 is 0 Å². The lowest BCUT2D eigenvalue weighted by Crippen LogP contribution is -2.10. The molecule has 1 aromatic carbocycles. The summed E-state index contributed by atoms with van der Waals surface area (Å²) in [5.41, 5.74) is 4.68. The van der Waals surface area contributed by atoms with Gasteiger partial charge in [0.05, 0.1) is 5.71 Å². The first-order valence-electron chi connectivity index (χ1n) is 11.0. The third-order valence-corrected chi connectivity index (χ3v) is 4.81. The van der Waals surface area contributed by atoms with Crippen molar-refractivity contribution < 1.29 is 0 Å². The number of nitrogens with one attached hydrogen (secondary N) is 2. The molecule has 0 aliphatic carbocycles. The second-order valence-corrected chi connectivity index (χ2v) is 7.33. The van der Waals surface area contributed by atoms with E-state index in [9.17, 15) is 0 Å². The maximum atomic E-state index is 4.27. The predicted molar refractivity (Wildman–Crippen MR) is 120 cm³/mol. The minimum absolute atomic E-state index is 0.282. The van der Waals surface area contributed by atoms with Gasteiger partial charge < -0.3 is 5.32 Å². The summed E-state index contributed by atoms with van der Waals surface area (Å²) in [5, 5.41) is 23.6. The Morgan fingerprint density at radius 1 is 0.759 bits per heavy atom. The molecule has 1 heterocycles. The molecular weight excluding hydrogens is 362 g/mol. The molecule has 0 aliphatic rings. The van der Waals surface area contributed by atoms with Crippen molar-refractivity contribution in [3.63, 3.8) is 0 Å². The minimum atomic E-state index is 0.282. The summed E-state index contributed by atoms with van der Waals surface area (Å²) in [5.74, 6) is 0.736. The lowest BCUT2D eigenvalue weighted by atomic mass is 10.1. The highest BCUT2D eigenvalue weighted by Crippen LogP contribution is 2.10. The van der Waals surface area contributed by atoms with Crippen molar-refractivity contribution in [1.82, 2.24) is 20.4 Å². The Balaban J connectivity index is 1.55. The average molecular weight is 398 g/mol. The van der Waals surface area contributed by atoms with Crippen LogP contribution in [0.3, 0.4) is 0 Å². The van der Waals surface area contributed by atoms with E-state index in [4.69, 9.17) is 0 Å². The van der Waals surface area contributed by atoms with E-state index in [1.165, 1.54) is 57.8 Å². The number of anilines is 2. The van der Waals surface area contributed by atoms with E-state index in [2.05, 4.69) is 43.2 Å². The molecule has 0 saturated carbocycles. The number of aromatic nitrogens is 4. The molecule has 0 fully saturated rings. The van der Waals surface area contributed by atoms with Crippen LogP contribution in [-0.4, -0.2) is 32.7 Å². The van der Waals surface area contributed by atoms with Gasteiger partial charge in [0, 0.05) is 6.54 Å². The van der Waals surface area contributed by atoms with Crippen LogP contribution in [-0.2, 0) is 0 Å². The number of unbranched alkanes of at least 4 members (excludes halogenated alkanes) is 9. The Kier molecular flexibility index (Phi) is 11.3. The summed E-state index contributed by atoms with van der Waals surface area (Å²) in [6, 6.07) is 9.92. The van der Waals surface area contributed by atoms with Crippen LogP contribution in [0.5, 0.6) is 0 Å². The van der Waals surface area contributed by atoms with Crippen LogP contribution in [0.2, 0.25) is 0 Å². The van der Waals surface area contributed by atoms with E-state index in [1.807, 2.05) is 37.3 Å². The minimum Gasteiger partial charge on any atom is -0.352 e. The molecule has 29 heavy (non-hydrogen) atoms. The number of benzene rings is 1. The summed E-state index contributed by atoms with van der Waals surface area (Å²) < 4.78 is 0. The lowest BCUT2D eigenvalue weighted by Gasteiger charge is -2.05. The molecule has 0 radical (unpaired) electrons. The SMILES string of the molecule is CCCCCCCCCCCCNc1nnc(NN=C(C)c2ccccc2)nn1. The molecule has 0 amide bonds. The van der Waals surface area contributed by atoms with Gasteiger partial charge in [-0.2, -0.15) is 5.10 Å². The molecular formula is C22H35N7. The van der Waals surface area contributed by atoms with Gasteiger partial charge in [0.15, 0.2) is 0 Å². The standard InChI is InChI=1S/C22H35N7/c1-3-4-5-6-7-8-9-10-11-15-18-23-21-25-28-22(29-26-21)27-24-19(2)20-16-13-12-14-17-20/h12-14,16-17H,3-11,15,18H2,1-2H3,(H,23,25,26)(H,27,28,29). The van der Waals surface area contributed by atoms with Crippen molar-refractivity contribution in [2.75, 3.05) is 17.3 Å². The van der Waals surface area contributed by atoms with Gasteiger partial charge >= 0.3 is 0 Å². The van der Waals surface area contributed by atoms with Gasteiger partial charge in [-0.25, -0.2) is 5.43 Å². The topological polar surface area (TPSA) is 88.0 Å². The summed E-state index contributed by atoms with van der Waals surface area (Å²) in [7, 11) is 0. The summed E-state index contributed by atoms with van der Waals surface area (Å²) in [6.07, 6.45) is 13.2. The van der Waals surface area contributed by atoms with Crippen LogP contribution in [0.25, 0.3) is 0 Å². The fraction of sp³-hybridized carbons (Fsp3) is 0.591. The van der Waals surface area contributed by atoms with Crippen molar-refractivity contribution in [1.29, 1.82) is 0 Å². The van der Waals surface area contributed by atoms with E-state index in [0.717, 1.165) is 24.2 Å². The van der Waals surface area contributed by atoms with Gasteiger partial charge in [0.1, 0.15) is 0 Å². The fourth-order valence-corrected chi connectivity index (χ4v) is 3.04. The van der Waals surface area contributed by atoms with Crippen LogP contribution in [0.1, 0.15) is 83.6 Å². The predicted octanol–water partition coefficient (Wildman–Crippen LogP) is 5.44. The molecule has 2 aromatic rings. The van der Waals surface area contributed by atoms with Crippen molar-refractivity contribution in [3.8, 4) is 0 Å². The molecule has 1 aromatic heterocycles. The Morgan fingerprint density at radius 2 is 1.31 bits per heavy atom. The van der Waals surface area contributed by atoms with Gasteiger partial charge in [-0.3, -0.25) is 0 Å². The Labute approximate surface area is 174 Å². The second kappa shape index (κ2) is 14.4. The van der Waals surface area contributed by atoms with Crippen LogP contribution in [0.4, 0.5) is 11.9 Å². The van der Waals surface area contributed by atoms with Gasteiger partial charge in [-0.05, 0) is 18.9 Å². The molecule has 0 spiro atoms. The summed E-state index contributed by atoms with van der Waals surface area (Å²) in [6.45, 7) is 5.03. The molecule has 2 N–H and O–H groups in total. The van der Waals surface area contributed by atoms with Gasteiger partial charge in [-0.1, -0.05) is 95.0 Å². The third-order valence-electron chi connectivity index (χ3n) is 4.81. The van der Waals surface area contributed by atoms with Crippen molar-refractivity contribution in [2.24, 2.45) is 5.10 Å². The molecule has 7 heteroatoms. The molecule has 0 bridgehead atoms. The normalized spacial score (nSPS) is 11.4. The zero-order valence-corrected chi connectivity index (χ0v) is 17.9. The van der Waals surface area contributed by atoms with Gasteiger partial charge in [0.2, 0.25) is 0 Å². The molecule has 0 aliphatic heterocycles. The highest BCUT2D eigenvalue weighted by atomic mass is 15.5. The highest BCUT2D eigenvalue weighted by Gasteiger charge is 2.01. The van der Waals surface area contributed by atoms with E-state index in [-0.39, 0.29) is 5.95 Å². The quantitative estimate of drug-likeness (QED) is 0.236. The zero-order chi connectivity index (χ0) is 20.6. The number of hydrazone groups is 1. The van der Waals surface area contributed by atoms with Gasteiger partial charge in [0.25, 0.3) is 11.9 Å². The molecule has 158 valence electrons. The van der Waals surface area contributed by atoms with Crippen LogP contribution >= 0.6 is 0 Å². The molecule has 0 atom stereocenters. The molecule has 2 rings (SSSR count). The first kappa shape index (κ1) is 22.7. The van der Waals surface area contributed by atoms with Crippen molar-refractivity contribution >= 4 is 17.6 Å². The Bertz CT molecular complexity index is 686. The van der Waals surface area contributed by atoms with Crippen LogP contribution in [0, 0.1) is 0 Å². The molecule has 0 unspecified atom stereocenters. The first-order valence-corrected chi connectivity index (χ1v) is 11.0. The zero-order valence-electron chi connectivity index (χ0n) is 17.9. The smallest absolute Gasteiger partial charge is 0.282 e. The highest BCUT2D eigenvalue weighted by molar-refractivity contribution is 5.98. The fourth-order valence-electron chi connectivity index (χ4n) is 3.04. The largest absolute Gasteiger partial charge is 0.352 e. The first-order chi connectivity index (χ1) is 14.3. The van der Waals surface area contributed by atoms with E-state index >= 15 is 0 Å². The van der Waals surface area contributed by atoms with E-state index in [1.54, 1.807) is 0 Å². The third kappa shape index (κ3) is 9.96. The lowest BCUT2D eigenvalue weighted by molar-refractivity contribution is 0.559. The monoisotopic (exact) mass is 397 g/mol. The van der Waals surface area contributed by atoms with Crippen molar-refractivity contribution in [3.05, 3.63) is 35.9 Å². The number of hydrogen-bond acceptors (Lipinski definition) is 7. The Morgan fingerprint density at radius 3 is 1.93 bits per heavy atom. The number of hydrogen-bond donors (Lipinski definition) is 2.